The molecule has 0 bridgehead atoms. The number of alkyl halides is 6. The Hall–Kier alpha value is -2.95. The van der Waals surface area contributed by atoms with Crippen molar-refractivity contribution in [3.05, 3.63) is 106 Å². The van der Waals surface area contributed by atoms with Crippen LogP contribution >= 0.6 is 0 Å². The second-order valence-corrected chi connectivity index (χ2v) is 9.04. The van der Waals surface area contributed by atoms with Gasteiger partial charge in [-0.15, -0.1) is 0 Å². The van der Waals surface area contributed by atoms with E-state index in [0.717, 1.165) is 32.2 Å². The maximum atomic E-state index is 13.2. The molecule has 1 saturated heterocycles. The minimum Gasteiger partial charge on any atom is -0.389 e. The van der Waals surface area contributed by atoms with Crippen LogP contribution in [0.3, 0.4) is 0 Å². The Morgan fingerprint density at radius 2 is 1.45 bits per heavy atom. The fourth-order valence-electron chi connectivity index (χ4n) is 4.24. The molecule has 3 atom stereocenters. The lowest BCUT2D eigenvalue weighted by Gasteiger charge is -2.40. The van der Waals surface area contributed by atoms with Crippen LogP contribution in [0.15, 0.2) is 72.8 Å². The predicted molar refractivity (Wildman–Crippen MR) is 128 cm³/mol. The van der Waals surface area contributed by atoms with Crippen LogP contribution in [0, 0.1) is 5.82 Å². The monoisotopic (exact) mass is 543 g/mol. The van der Waals surface area contributed by atoms with Crippen molar-refractivity contribution in [2.45, 2.75) is 51.0 Å². The zero-order valence-corrected chi connectivity index (χ0v) is 20.7. The summed E-state index contributed by atoms with van der Waals surface area (Å²) >= 11 is 0. The van der Waals surface area contributed by atoms with Gasteiger partial charge in [-0.1, -0.05) is 42.5 Å². The molecule has 0 saturated carbocycles. The predicted octanol–water partition coefficient (Wildman–Crippen LogP) is 7.57. The van der Waals surface area contributed by atoms with Crippen molar-refractivity contribution in [2.24, 2.45) is 0 Å². The van der Waals surface area contributed by atoms with Gasteiger partial charge >= 0.3 is 12.4 Å². The van der Waals surface area contributed by atoms with Crippen molar-refractivity contribution in [3.8, 4) is 0 Å². The molecule has 1 N–H and O–H groups in total. The summed E-state index contributed by atoms with van der Waals surface area (Å²) in [5, 5.41) is 9.07. The normalized spacial score (nSPS) is 19.4. The molecular weight excluding hydrogens is 515 g/mol. The standard InChI is InChI=1S/C18H20FNO.C10H8F6O/c1-14-18(16-7-9-17(19)10-8-16)20(11-12-21-14)13-15-5-3-2-4-6-15;1-5(17)6-2-7(9(11,12)13)4-8(3-6)10(14,15)16/h2-10,14,18H,11-13H2,1H3;2-5,17H,1H3/t14-,18+;5-/m01/s1. The molecule has 0 aromatic heterocycles. The summed E-state index contributed by atoms with van der Waals surface area (Å²) in [7, 11) is 0. The fraction of sp³-hybridized carbons (Fsp3) is 0.357. The van der Waals surface area contributed by atoms with Gasteiger partial charge in [0.1, 0.15) is 5.82 Å². The van der Waals surface area contributed by atoms with Crippen molar-refractivity contribution in [1.29, 1.82) is 0 Å². The number of ether oxygens (including phenoxy) is 1. The van der Waals surface area contributed by atoms with Crippen LogP contribution in [0.5, 0.6) is 0 Å². The highest BCUT2D eigenvalue weighted by Gasteiger charge is 2.37. The molecular formula is C28H28F7NO2. The average molecular weight is 544 g/mol. The Kier molecular flexibility index (Phi) is 9.56. The quantitative estimate of drug-likeness (QED) is 0.345. The van der Waals surface area contributed by atoms with E-state index >= 15 is 0 Å². The zero-order valence-electron chi connectivity index (χ0n) is 20.7. The maximum absolute atomic E-state index is 13.2. The summed E-state index contributed by atoms with van der Waals surface area (Å²) < 4.78 is 93.1. The average Bonchev–Trinajstić information content (AvgIpc) is 2.85. The molecule has 1 heterocycles. The summed E-state index contributed by atoms with van der Waals surface area (Å²) in [5.41, 5.74) is -0.878. The van der Waals surface area contributed by atoms with Crippen LogP contribution in [0.25, 0.3) is 0 Å². The van der Waals surface area contributed by atoms with E-state index in [1.54, 1.807) is 0 Å². The molecule has 0 spiro atoms. The van der Waals surface area contributed by atoms with Gasteiger partial charge in [0.25, 0.3) is 0 Å². The Morgan fingerprint density at radius 1 is 0.895 bits per heavy atom. The highest BCUT2D eigenvalue weighted by atomic mass is 19.4. The van der Waals surface area contributed by atoms with E-state index in [4.69, 9.17) is 9.84 Å². The van der Waals surface area contributed by atoms with Crippen LogP contribution < -0.4 is 0 Å². The molecule has 4 rings (SSSR count). The molecule has 1 aliphatic heterocycles. The lowest BCUT2D eigenvalue weighted by atomic mass is 9.98. The van der Waals surface area contributed by atoms with Crippen molar-refractivity contribution in [2.75, 3.05) is 13.2 Å². The lowest BCUT2D eigenvalue weighted by Crippen LogP contribution is -2.43. The fourth-order valence-corrected chi connectivity index (χ4v) is 4.24. The summed E-state index contributed by atoms with van der Waals surface area (Å²) in [4.78, 5) is 2.41. The van der Waals surface area contributed by atoms with Gasteiger partial charge < -0.3 is 9.84 Å². The summed E-state index contributed by atoms with van der Waals surface area (Å²) in [5.74, 6) is -0.197. The molecule has 10 heteroatoms. The third kappa shape index (κ3) is 8.02. The van der Waals surface area contributed by atoms with E-state index in [2.05, 4.69) is 36.1 Å². The van der Waals surface area contributed by atoms with Crippen molar-refractivity contribution in [1.82, 2.24) is 4.90 Å². The molecule has 1 fully saturated rings. The molecule has 3 nitrogen and oxygen atoms in total. The zero-order chi connectivity index (χ0) is 28.1. The van der Waals surface area contributed by atoms with Gasteiger partial charge in [-0.2, -0.15) is 26.3 Å². The minimum absolute atomic E-state index is 0.0197. The first kappa shape index (κ1) is 29.6. The van der Waals surface area contributed by atoms with Crippen LogP contribution in [0.2, 0.25) is 0 Å². The van der Waals surface area contributed by atoms with Crippen molar-refractivity contribution < 1.29 is 40.6 Å². The molecule has 206 valence electrons. The van der Waals surface area contributed by atoms with Crippen LogP contribution in [0.1, 0.15) is 53.8 Å². The van der Waals surface area contributed by atoms with E-state index < -0.39 is 35.1 Å². The van der Waals surface area contributed by atoms with Gasteiger partial charge in [-0.25, -0.2) is 4.39 Å². The largest absolute Gasteiger partial charge is 0.416 e. The van der Waals surface area contributed by atoms with Gasteiger partial charge in [0.2, 0.25) is 0 Å². The van der Waals surface area contributed by atoms with Gasteiger partial charge in [-0.3, -0.25) is 4.90 Å². The number of hydrogen-bond donors (Lipinski definition) is 1. The van der Waals surface area contributed by atoms with E-state index in [-0.39, 0.29) is 24.0 Å². The smallest absolute Gasteiger partial charge is 0.389 e. The third-order valence-corrected chi connectivity index (χ3v) is 6.13. The molecule has 38 heavy (non-hydrogen) atoms. The summed E-state index contributed by atoms with van der Waals surface area (Å²) in [6.45, 7) is 5.70. The first-order valence-electron chi connectivity index (χ1n) is 11.9. The topological polar surface area (TPSA) is 32.7 Å². The number of nitrogens with zero attached hydrogens (tertiary/aromatic N) is 1. The summed E-state index contributed by atoms with van der Waals surface area (Å²) in [6.07, 6.45) is -11.1. The number of aliphatic hydroxyl groups is 1. The maximum Gasteiger partial charge on any atom is 0.416 e. The highest BCUT2D eigenvalue weighted by molar-refractivity contribution is 5.34. The number of hydrogen-bond acceptors (Lipinski definition) is 3. The van der Waals surface area contributed by atoms with Gasteiger partial charge in [0.15, 0.2) is 0 Å². The van der Waals surface area contributed by atoms with Crippen LogP contribution in [-0.2, 0) is 23.6 Å². The molecule has 3 aromatic carbocycles. The first-order chi connectivity index (χ1) is 17.8. The first-order valence-corrected chi connectivity index (χ1v) is 11.9. The molecule has 0 amide bonds. The van der Waals surface area contributed by atoms with E-state index in [1.807, 2.05) is 18.2 Å². The minimum atomic E-state index is -4.88. The molecule has 1 aliphatic rings. The van der Waals surface area contributed by atoms with Gasteiger partial charge in [0, 0.05) is 13.1 Å². The molecule has 0 aliphatic carbocycles. The van der Waals surface area contributed by atoms with Gasteiger partial charge in [0.05, 0.1) is 36.0 Å². The van der Waals surface area contributed by atoms with E-state index in [9.17, 15) is 30.7 Å². The lowest BCUT2D eigenvalue weighted by molar-refractivity contribution is -0.143. The number of aliphatic hydroxyl groups excluding tert-OH is 1. The second-order valence-electron chi connectivity index (χ2n) is 9.04. The Morgan fingerprint density at radius 3 is 1.95 bits per heavy atom. The molecule has 0 unspecified atom stereocenters. The Bertz CT molecular complexity index is 1130. The molecule has 3 aromatic rings. The van der Waals surface area contributed by atoms with Gasteiger partial charge in [-0.05, 0) is 60.9 Å². The highest BCUT2D eigenvalue weighted by Crippen LogP contribution is 2.37. The van der Waals surface area contributed by atoms with E-state index in [0.29, 0.717) is 12.1 Å². The third-order valence-electron chi connectivity index (χ3n) is 6.13. The van der Waals surface area contributed by atoms with Crippen LogP contribution in [0.4, 0.5) is 30.7 Å². The SMILES string of the molecule is C[C@@H](O)c1cc(C(F)(F)F)cc(C(F)(F)F)c1.C[C@@H]1OCCN(Cc2ccccc2)[C@H]1c1ccc(F)cc1. The summed E-state index contributed by atoms with van der Waals surface area (Å²) in [6, 6.07) is 18.4. The number of benzene rings is 3. The van der Waals surface area contributed by atoms with Crippen LogP contribution in [-0.4, -0.2) is 29.3 Å². The van der Waals surface area contributed by atoms with Crippen molar-refractivity contribution in [3.63, 3.8) is 0 Å². The Labute approximate surface area is 216 Å². The Balaban J connectivity index is 0.000000216. The second kappa shape index (κ2) is 12.3. The number of morpholine rings is 1. The van der Waals surface area contributed by atoms with Crippen molar-refractivity contribution >= 4 is 0 Å². The van der Waals surface area contributed by atoms with E-state index in [1.165, 1.54) is 17.7 Å². The molecule has 0 radical (unpaired) electrons. The number of rotatable bonds is 4. The number of halogens is 7.